The average Bonchev–Trinajstić information content (AvgIpc) is 3.18. The highest BCUT2D eigenvalue weighted by Gasteiger charge is 2.17. The van der Waals surface area contributed by atoms with Crippen molar-refractivity contribution in [2.75, 3.05) is 5.32 Å². The largest absolute Gasteiger partial charge is 0.321 e. The van der Waals surface area contributed by atoms with Crippen molar-refractivity contribution in [3.63, 3.8) is 0 Å². The van der Waals surface area contributed by atoms with Gasteiger partial charge in [-0.15, -0.1) is 0 Å². The molecule has 0 aliphatic carbocycles. The van der Waals surface area contributed by atoms with E-state index in [9.17, 15) is 4.79 Å². The normalized spacial score (nSPS) is 11.0. The number of para-hydroxylation sites is 1. The first kappa shape index (κ1) is 19.6. The predicted molar refractivity (Wildman–Crippen MR) is 118 cm³/mol. The second-order valence-corrected chi connectivity index (χ2v) is 8.22. The molecule has 0 aliphatic rings. The van der Waals surface area contributed by atoms with Crippen LogP contribution in [-0.2, 0) is 6.42 Å². The summed E-state index contributed by atoms with van der Waals surface area (Å²) in [5, 5.41) is 8.33. The molecule has 1 N–H and O–H groups in total. The van der Waals surface area contributed by atoms with E-state index in [-0.39, 0.29) is 5.91 Å². The summed E-state index contributed by atoms with van der Waals surface area (Å²) in [6.45, 7) is 4.08. The molecule has 0 spiro atoms. The smallest absolute Gasteiger partial charge is 0.256 e. The zero-order chi connectivity index (χ0) is 20.4. The van der Waals surface area contributed by atoms with Gasteiger partial charge in [-0.05, 0) is 53.5 Å². The zero-order valence-electron chi connectivity index (χ0n) is 15.9. The average molecular weight is 468 g/mol. The van der Waals surface area contributed by atoms with Gasteiger partial charge in [-0.1, -0.05) is 43.0 Å². The van der Waals surface area contributed by atoms with Crippen LogP contribution in [-0.4, -0.2) is 25.5 Å². The number of aryl methyl sites for hydroxylation is 1. The van der Waals surface area contributed by atoms with Gasteiger partial charge in [0.15, 0.2) is 0 Å². The summed E-state index contributed by atoms with van der Waals surface area (Å²) in [4.78, 5) is 22.5. The van der Waals surface area contributed by atoms with E-state index in [0.29, 0.717) is 11.3 Å². The molecule has 0 saturated heterocycles. The highest BCUT2D eigenvalue weighted by Crippen LogP contribution is 2.36. The van der Waals surface area contributed by atoms with Gasteiger partial charge in [0.25, 0.3) is 11.7 Å². The Bertz CT molecular complexity index is 1210. The lowest BCUT2D eigenvalue weighted by atomic mass is 10.2. The van der Waals surface area contributed by atoms with Crippen LogP contribution in [0.5, 0.6) is 0 Å². The van der Waals surface area contributed by atoms with Gasteiger partial charge in [0.1, 0.15) is 11.4 Å². The van der Waals surface area contributed by atoms with Gasteiger partial charge in [-0.25, -0.2) is 4.98 Å². The molecule has 8 heteroatoms. The maximum absolute atomic E-state index is 12.8. The lowest BCUT2D eigenvalue weighted by molar-refractivity contribution is 0.102. The van der Waals surface area contributed by atoms with Crippen LogP contribution in [0, 0.1) is 6.92 Å². The Labute approximate surface area is 180 Å². The van der Waals surface area contributed by atoms with Gasteiger partial charge in [0, 0.05) is 20.6 Å². The molecular weight excluding hydrogens is 450 g/mol. The Morgan fingerprint density at radius 2 is 1.93 bits per heavy atom. The Morgan fingerprint density at radius 1 is 1.17 bits per heavy atom. The third kappa shape index (κ3) is 3.90. The molecule has 0 aliphatic heterocycles. The van der Waals surface area contributed by atoms with Crippen LogP contribution in [0.4, 0.5) is 5.69 Å². The summed E-state index contributed by atoms with van der Waals surface area (Å²) in [7, 11) is 0. The molecule has 146 valence electrons. The van der Waals surface area contributed by atoms with E-state index in [2.05, 4.69) is 43.2 Å². The number of amides is 1. The molecule has 2 aromatic carbocycles. The fourth-order valence-electron chi connectivity index (χ4n) is 3.06. The SMILES string of the molecule is CCc1c(C)nc2ncnn2c1Sc1ccccc1NC(=O)c1ccccc1Br. The summed E-state index contributed by atoms with van der Waals surface area (Å²) in [6.07, 6.45) is 2.33. The summed E-state index contributed by atoms with van der Waals surface area (Å²) in [6, 6.07) is 15.1. The summed E-state index contributed by atoms with van der Waals surface area (Å²) >= 11 is 4.99. The van der Waals surface area contributed by atoms with Crippen LogP contribution >= 0.6 is 27.7 Å². The molecule has 2 aromatic heterocycles. The van der Waals surface area contributed by atoms with Crippen molar-refractivity contribution in [2.24, 2.45) is 0 Å². The quantitative estimate of drug-likeness (QED) is 0.410. The number of hydrogen-bond donors (Lipinski definition) is 1. The van der Waals surface area contributed by atoms with Crippen molar-refractivity contribution >= 4 is 45.1 Å². The highest BCUT2D eigenvalue weighted by atomic mass is 79.9. The molecule has 0 saturated carbocycles. The molecule has 2 heterocycles. The van der Waals surface area contributed by atoms with E-state index in [1.54, 1.807) is 22.3 Å². The summed E-state index contributed by atoms with van der Waals surface area (Å²) in [5.74, 6) is 0.398. The number of benzene rings is 2. The molecule has 0 unspecified atom stereocenters. The van der Waals surface area contributed by atoms with Crippen LogP contribution in [0.25, 0.3) is 5.78 Å². The topological polar surface area (TPSA) is 72.2 Å². The van der Waals surface area contributed by atoms with Gasteiger partial charge in [0.05, 0.1) is 11.3 Å². The van der Waals surface area contributed by atoms with Crippen LogP contribution in [0.15, 0.2) is 69.3 Å². The maximum Gasteiger partial charge on any atom is 0.256 e. The van der Waals surface area contributed by atoms with E-state index >= 15 is 0 Å². The number of hydrogen-bond acceptors (Lipinski definition) is 5. The number of nitrogens with one attached hydrogen (secondary N) is 1. The molecule has 1 amide bonds. The number of carbonyl (C=O) groups is 1. The van der Waals surface area contributed by atoms with Crippen molar-refractivity contribution in [1.29, 1.82) is 0 Å². The summed E-state index contributed by atoms with van der Waals surface area (Å²) in [5.41, 5.74) is 3.37. The van der Waals surface area contributed by atoms with Gasteiger partial charge in [-0.2, -0.15) is 14.6 Å². The minimum Gasteiger partial charge on any atom is -0.321 e. The van der Waals surface area contributed by atoms with Gasteiger partial charge in [0.2, 0.25) is 0 Å². The summed E-state index contributed by atoms with van der Waals surface area (Å²) < 4.78 is 2.51. The Morgan fingerprint density at radius 3 is 2.72 bits per heavy atom. The molecule has 0 atom stereocenters. The first-order valence-corrected chi connectivity index (χ1v) is 10.7. The molecule has 0 radical (unpaired) electrons. The van der Waals surface area contributed by atoms with Crippen molar-refractivity contribution in [2.45, 2.75) is 30.2 Å². The molecule has 0 fully saturated rings. The van der Waals surface area contributed by atoms with Crippen LogP contribution < -0.4 is 5.32 Å². The fourth-order valence-corrected chi connectivity index (χ4v) is 4.74. The van der Waals surface area contributed by atoms with Crippen molar-refractivity contribution in [1.82, 2.24) is 19.6 Å². The molecule has 6 nitrogen and oxygen atoms in total. The number of halogens is 1. The van der Waals surface area contributed by atoms with Crippen LogP contribution in [0.1, 0.15) is 28.5 Å². The fraction of sp³-hybridized carbons (Fsp3) is 0.143. The minimum absolute atomic E-state index is 0.168. The highest BCUT2D eigenvalue weighted by molar-refractivity contribution is 9.10. The number of rotatable bonds is 5. The van der Waals surface area contributed by atoms with E-state index < -0.39 is 0 Å². The minimum atomic E-state index is -0.168. The predicted octanol–water partition coefficient (Wildman–Crippen LogP) is 5.16. The third-order valence-corrected chi connectivity index (χ3v) is 6.38. The van der Waals surface area contributed by atoms with E-state index in [1.807, 2.05) is 49.4 Å². The lowest BCUT2D eigenvalue weighted by Gasteiger charge is -2.15. The molecular formula is C21H18BrN5OS. The van der Waals surface area contributed by atoms with E-state index in [1.165, 1.54) is 6.33 Å². The Kier molecular flexibility index (Phi) is 5.64. The number of aromatic nitrogens is 4. The number of carbonyl (C=O) groups excluding carboxylic acids is 1. The number of anilines is 1. The Balaban J connectivity index is 1.72. The van der Waals surface area contributed by atoms with Crippen LogP contribution in [0.2, 0.25) is 0 Å². The van der Waals surface area contributed by atoms with E-state index in [4.69, 9.17) is 0 Å². The van der Waals surface area contributed by atoms with Crippen molar-refractivity contribution < 1.29 is 4.79 Å². The van der Waals surface area contributed by atoms with Gasteiger partial charge >= 0.3 is 0 Å². The number of nitrogens with zero attached hydrogens (tertiary/aromatic N) is 4. The second-order valence-electron chi connectivity index (χ2n) is 6.34. The molecule has 0 bridgehead atoms. The molecule has 4 aromatic rings. The molecule has 29 heavy (non-hydrogen) atoms. The Hall–Kier alpha value is -2.71. The third-order valence-electron chi connectivity index (χ3n) is 4.50. The number of fused-ring (bicyclic) bond motifs is 1. The zero-order valence-corrected chi connectivity index (χ0v) is 18.3. The van der Waals surface area contributed by atoms with Crippen LogP contribution in [0.3, 0.4) is 0 Å². The monoisotopic (exact) mass is 467 g/mol. The first-order chi connectivity index (χ1) is 14.1. The molecule has 4 rings (SSSR count). The van der Waals surface area contributed by atoms with Gasteiger partial charge in [-0.3, -0.25) is 4.79 Å². The lowest BCUT2D eigenvalue weighted by Crippen LogP contribution is -2.13. The van der Waals surface area contributed by atoms with Crippen molar-refractivity contribution in [3.8, 4) is 0 Å². The van der Waals surface area contributed by atoms with E-state index in [0.717, 1.165) is 37.8 Å². The standard InChI is InChI=1S/C21H18BrN5OS/c1-3-14-13(2)25-21-23-12-24-27(21)20(14)29-18-11-7-6-10-17(18)26-19(28)15-8-4-5-9-16(15)22/h4-12H,3H2,1-2H3,(H,26,28). The van der Waals surface area contributed by atoms with Crippen molar-refractivity contribution in [3.05, 3.63) is 76.2 Å². The van der Waals surface area contributed by atoms with Gasteiger partial charge < -0.3 is 5.32 Å². The maximum atomic E-state index is 12.8. The second kappa shape index (κ2) is 8.34. The first-order valence-electron chi connectivity index (χ1n) is 9.10.